The fourth-order valence-electron chi connectivity index (χ4n) is 2.13. The van der Waals surface area contributed by atoms with Gasteiger partial charge >= 0.3 is 0 Å². The Hall–Kier alpha value is -1.34. The van der Waals surface area contributed by atoms with Gasteiger partial charge in [0.05, 0.1) is 23.4 Å². The molecule has 0 unspecified atom stereocenters. The Bertz CT molecular complexity index is 554. The van der Waals surface area contributed by atoms with E-state index in [0.717, 1.165) is 0 Å². The third-order valence-corrected chi connectivity index (χ3v) is 3.46. The van der Waals surface area contributed by atoms with Crippen LogP contribution in [-0.2, 0) is 14.3 Å². The van der Waals surface area contributed by atoms with Gasteiger partial charge in [0.2, 0.25) is 11.8 Å². The van der Waals surface area contributed by atoms with Gasteiger partial charge in [0, 0.05) is 19.2 Å². The summed E-state index contributed by atoms with van der Waals surface area (Å²) in [4.78, 5) is 23.2. The number of anilines is 2. The van der Waals surface area contributed by atoms with E-state index in [9.17, 15) is 9.59 Å². The Morgan fingerprint density at radius 3 is 2.68 bits per heavy atom. The first-order valence-electron chi connectivity index (χ1n) is 6.70. The van der Waals surface area contributed by atoms with Crippen LogP contribution in [-0.4, -0.2) is 37.1 Å². The lowest BCUT2D eigenvalue weighted by molar-refractivity contribution is -0.123. The van der Waals surface area contributed by atoms with Gasteiger partial charge in [-0.15, -0.1) is 12.4 Å². The maximum absolute atomic E-state index is 12.2. The lowest BCUT2D eigenvalue weighted by atomic mass is 10.1. The molecule has 0 bridgehead atoms. The van der Waals surface area contributed by atoms with E-state index < -0.39 is 6.04 Å². The average Bonchev–Trinajstić information content (AvgIpc) is 2.42. The van der Waals surface area contributed by atoms with Crippen LogP contribution < -0.4 is 16.0 Å². The second-order valence-electron chi connectivity index (χ2n) is 4.87. The van der Waals surface area contributed by atoms with Crippen LogP contribution in [0.5, 0.6) is 0 Å². The summed E-state index contributed by atoms with van der Waals surface area (Å²) < 4.78 is 5.44. The van der Waals surface area contributed by atoms with Gasteiger partial charge in [-0.3, -0.25) is 9.59 Å². The smallest absolute Gasteiger partial charge is 0.244 e. The summed E-state index contributed by atoms with van der Waals surface area (Å²) in [5.74, 6) is -0.378. The minimum absolute atomic E-state index is 0. The van der Waals surface area contributed by atoms with Crippen molar-refractivity contribution in [2.24, 2.45) is 0 Å². The Kier molecular flexibility index (Phi) is 7.09. The molecule has 2 amide bonds. The van der Waals surface area contributed by atoms with Crippen LogP contribution in [0.25, 0.3) is 0 Å². The van der Waals surface area contributed by atoms with Gasteiger partial charge in [-0.2, -0.15) is 0 Å². The zero-order valence-electron chi connectivity index (χ0n) is 12.3. The number of amides is 2. The molecule has 6 nitrogen and oxygen atoms in total. The molecular weight excluding hydrogens is 329 g/mol. The van der Waals surface area contributed by atoms with Gasteiger partial charge in [-0.25, -0.2) is 0 Å². The van der Waals surface area contributed by atoms with Gasteiger partial charge in [0.1, 0.15) is 6.04 Å². The first-order valence-corrected chi connectivity index (χ1v) is 7.08. The second kappa shape index (κ2) is 8.33. The highest BCUT2D eigenvalue weighted by molar-refractivity contribution is 6.34. The van der Waals surface area contributed by atoms with E-state index in [1.165, 1.54) is 6.92 Å². The fourth-order valence-corrected chi connectivity index (χ4v) is 2.36. The minimum atomic E-state index is -0.396. The molecule has 1 aromatic rings. The number of benzene rings is 1. The molecule has 1 aliphatic rings. The van der Waals surface area contributed by atoms with E-state index >= 15 is 0 Å². The number of hydrogen-bond donors (Lipinski definition) is 3. The summed E-state index contributed by atoms with van der Waals surface area (Å²) in [5.41, 5.74) is 1.08. The van der Waals surface area contributed by atoms with E-state index in [4.69, 9.17) is 16.3 Å². The van der Waals surface area contributed by atoms with Crippen LogP contribution in [0.15, 0.2) is 18.2 Å². The molecule has 2 atom stereocenters. The maximum atomic E-state index is 12.2. The number of hydrogen-bond acceptors (Lipinski definition) is 4. The topological polar surface area (TPSA) is 79.5 Å². The van der Waals surface area contributed by atoms with E-state index in [-0.39, 0.29) is 30.3 Å². The summed E-state index contributed by atoms with van der Waals surface area (Å²) in [6.45, 7) is 4.50. The number of rotatable bonds is 3. The SMILES string of the molecule is CC(=O)Nc1ccc(NC(=O)[C@H]2NCCO[C@@H]2C)cc1Cl.Cl. The van der Waals surface area contributed by atoms with Gasteiger partial charge in [-0.05, 0) is 25.1 Å². The second-order valence-corrected chi connectivity index (χ2v) is 5.28. The van der Waals surface area contributed by atoms with E-state index in [0.29, 0.717) is 29.5 Å². The molecule has 0 spiro atoms. The van der Waals surface area contributed by atoms with Crippen molar-refractivity contribution in [3.63, 3.8) is 0 Å². The highest BCUT2D eigenvalue weighted by Crippen LogP contribution is 2.25. The Labute approximate surface area is 140 Å². The van der Waals surface area contributed by atoms with Crippen molar-refractivity contribution in [2.45, 2.75) is 26.0 Å². The minimum Gasteiger partial charge on any atom is -0.375 e. The lowest BCUT2D eigenvalue weighted by Gasteiger charge is -2.29. The molecule has 0 aromatic heterocycles. The molecule has 0 radical (unpaired) electrons. The predicted molar refractivity (Wildman–Crippen MR) is 88.8 cm³/mol. The zero-order valence-corrected chi connectivity index (χ0v) is 13.9. The number of morpholine rings is 1. The van der Waals surface area contributed by atoms with Crippen molar-refractivity contribution >= 4 is 47.2 Å². The molecule has 1 saturated heterocycles. The Morgan fingerprint density at radius 1 is 1.36 bits per heavy atom. The third-order valence-electron chi connectivity index (χ3n) is 3.15. The molecule has 0 aliphatic carbocycles. The summed E-state index contributed by atoms with van der Waals surface area (Å²) in [6, 6.07) is 4.53. The van der Waals surface area contributed by atoms with Crippen molar-refractivity contribution < 1.29 is 14.3 Å². The van der Waals surface area contributed by atoms with Crippen LogP contribution in [0.4, 0.5) is 11.4 Å². The molecule has 8 heteroatoms. The van der Waals surface area contributed by atoms with Gasteiger partial charge in [0.25, 0.3) is 0 Å². The van der Waals surface area contributed by atoms with Crippen molar-refractivity contribution in [1.29, 1.82) is 0 Å². The lowest BCUT2D eigenvalue weighted by Crippen LogP contribution is -2.53. The summed E-state index contributed by atoms with van der Waals surface area (Å²) in [6.07, 6.45) is -0.187. The number of nitrogens with one attached hydrogen (secondary N) is 3. The number of ether oxygens (including phenoxy) is 1. The monoisotopic (exact) mass is 347 g/mol. The Balaban J connectivity index is 0.00000242. The standard InChI is InChI=1S/C14H18ClN3O3.ClH/c1-8-13(16-5-6-21-8)14(20)18-10-3-4-12(11(15)7-10)17-9(2)19;/h3-4,7-8,13,16H,5-6H2,1-2H3,(H,17,19)(H,18,20);1H/t8-,13+;/m1./s1. The molecule has 1 aromatic carbocycles. The number of halogens is 2. The van der Waals surface area contributed by atoms with E-state index in [1.807, 2.05) is 6.92 Å². The molecule has 1 fully saturated rings. The molecule has 1 aliphatic heterocycles. The quantitative estimate of drug-likeness (QED) is 0.781. The van der Waals surface area contributed by atoms with Crippen LogP contribution in [0.3, 0.4) is 0 Å². The molecule has 122 valence electrons. The zero-order chi connectivity index (χ0) is 15.4. The number of carbonyl (C=O) groups is 2. The van der Waals surface area contributed by atoms with Crippen molar-refractivity contribution in [3.8, 4) is 0 Å². The molecule has 22 heavy (non-hydrogen) atoms. The molecule has 1 heterocycles. The maximum Gasteiger partial charge on any atom is 0.244 e. The summed E-state index contributed by atoms with van der Waals surface area (Å²) in [5, 5.41) is 8.87. The summed E-state index contributed by atoms with van der Waals surface area (Å²) >= 11 is 6.07. The van der Waals surface area contributed by atoms with Crippen LogP contribution in [0, 0.1) is 0 Å². The normalized spacial score (nSPS) is 20.7. The predicted octanol–water partition coefficient (Wildman–Crippen LogP) is 2.04. The third kappa shape index (κ3) is 4.84. The first-order chi connectivity index (χ1) is 9.97. The molecule has 3 N–H and O–H groups in total. The molecule has 2 rings (SSSR count). The Morgan fingerprint density at radius 2 is 2.09 bits per heavy atom. The fraction of sp³-hybridized carbons (Fsp3) is 0.429. The van der Waals surface area contributed by atoms with Crippen LogP contribution in [0.1, 0.15) is 13.8 Å². The highest BCUT2D eigenvalue weighted by Gasteiger charge is 2.28. The number of carbonyl (C=O) groups excluding carboxylic acids is 2. The summed E-state index contributed by atoms with van der Waals surface area (Å²) in [7, 11) is 0. The van der Waals surface area contributed by atoms with E-state index in [2.05, 4.69) is 16.0 Å². The average molecular weight is 348 g/mol. The van der Waals surface area contributed by atoms with Crippen molar-refractivity contribution in [3.05, 3.63) is 23.2 Å². The highest BCUT2D eigenvalue weighted by atomic mass is 35.5. The van der Waals surface area contributed by atoms with Crippen molar-refractivity contribution in [1.82, 2.24) is 5.32 Å². The molecular formula is C14H19Cl2N3O3. The van der Waals surface area contributed by atoms with E-state index in [1.54, 1.807) is 18.2 Å². The van der Waals surface area contributed by atoms with Crippen LogP contribution in [0.2, 0.25) is 5.02 Å². The largest absolute Gasteiger partial charge is 0.375 e. The van der Waals surface area contributed by atoms with Crippen LogP contribution >= 0.6 is 24.0 Å². The first kappa shape index (κ1) is 18.7. The van der Waals surface area contributed by atoms with Crippen molar-refractivity contribution in [2.75, 3.05) is 23.8 Å². The van der Waals surface area contributed by atoms with Gasteiger partial charge in [-0.1, -0.05) is 11.6 Å². The van der Waals surface area contributed by atoms with Gasteiger partial charge in [0.15, 0.2) is 0 Å². The molecule has 0 saturated carbocycles. The van der Waals surface area contributed by atoms with Gasteiger partial charge < -0.3 is 20.7 Å².